The fraction of sp³-hybridized carbons (Fsp3) is 0.353. The molecule has 1 amide bonds. The average molecular weight is 314 g/mol. The summed E-state index contributed by atoms with van der Waals surface area (Å²) >= 11 is 1.54. The predicted octanol–water partition coefficient (Wildman–Crippen LogP) is 2.68. The molecular weight excluding hydrogens is 296 g/mol. The number of rotatable bonds is 4. The molecule has 0 saturated heterocycles. The number of ketones is 1. The number of hydrogen-bond acceptors (Lipinski definition) is 3. The summed E-state index contributed by atoms with van der Waals surface area (Å²) in [5.41, 5.74) is 3.01. The van der Waals surface area contributed by atoms with Gasteiger partial charge < -0.3 is 4.57 Å². The van der Waals surface area contributed by atoms with Crippen LogP contribution < -0.4 is 4.80 Å². The summed E-state index contributed by atoms with van der Waals surface area (Å²) < 4.78 is 1.93. The van der Waals surface area contributed by atoms with Gasteiger partial charge in [-0.1, -0.05) is 29.8 Å². The molecule has 1 aliphatic carbocycles. The fourth-order valence-corrected chi connectivity index (χ4v) is 3.99. The Labute approximate surface area is 133 Å². The summed E-state index contributed by atoms with van der Waals surface area (Å²) in [5, 5.41) is 0. The molecule has 114 valence electrons. The van der Waals surface area contributed by atoms with Gasteiger partial charge in [-0.25, -0.2) is 0 Å². The Balaban J connectivity index is 1.95. The van der Waals surface area contributed by atoms with Gasteiger partial charge in [0, 0.05) is 16.1 Å². The van der Waals surface area contributed by atoms with Crippen molar-refractivity contribution in [2.45, 2.75) is 39.2 Å². The molecule has 0 radical (unpaired) electrons. The molecule has 5 heteroatoms. The number of benzene rings is 1. The van der Waals surface area contributed by atoms with E-state index in [4.69, 9.17) is 0 Å². The first-order chi connectivity index (χ1) is 10.7. The van der Waals surface area contributed by atoms with Crippen molar-refractivity contribution in [3.63, 3.8) is 0 Å². The number of amides is 1. The van der Waals surface area contributed by atoms with Crippen molar-refractivity contribution >= 4 is 23.5 Å². The Bertz CT molecular complexity index is 769. The summed E-state index contributed by atoms with van der Waals surface area (Å²) in [6.07, 6.45) is 4.83. The van der Waals surface area contributed by atoms with Gasteiger partial charge in [0.15, 0.2) is 10.6 Å². The second kappa shape index (κ2) is 6.40. The van der Waals surface area contributed by atoms with Gasteiger partial charge in [-0.3, -0.25) is 9.59 Å². The van der Waals surface area contributed by atoms with Gasteiger partial charge in [-0.05, 0) is 32.6 Å². The molecule has 4 nitrogen and oxygen atoms in total. The van der Waals surface area contributed by atoms with Crippen molar-refractivity contribution in [3.8, 4) is 0 Å². The summed E-state index contributed by atoms with van der Waals surface area (Å²) in [6.45, 7) is 2.25. The molecule has 0 bridgehead atoms. The molecule has 0 spiro atoms. The highest BCUT2D eigenvalue weighted by atomic mass is 32.1. The van der Waals surface area contributed by atoms with E-state index in [-0.39, 0.29) is 12.3 Å². The highest BCUT2D eigenvalue weighted by molar-refractivity contribution is 7.09. The Morgan fingerprint density at radius 3 is 2.73 bits per heavy atom. The van der Waals surface area contributed by atoms with Crippen molar-refractivity contribution in [2.75, 3.05) is 0 Å². The van der Waals surface area contributed by atoms with Gasteiger partial charge in [0.25, 0.3) is 0 Å². The molecule has 3 rings (SSSR count). The van der Waals surface area contributed by atoms with Gasteiger partial charge in [-0.15, -0.1) is 11.3 Å². The molecule has 1 aliphatic rings. The lowest BCUT2D eigenvalue weighted by Gasteiger charge is -2.14. The number of nitrogens with zero attached hydrogens (tertiary/aromatic N) is 2. The predicted molar refractivity (Wildman–Crippen MR) is 86.1 cm³/mol. The molecule has 0 unspecified atom stereocenters. The van der Waals surface area contributed by atoms with Crippen molar-refractivity contribution < 1.29 is 9.59 Å². The molecule has 1 heterocycles. The Morgan fingerprint density at radius 1 is 1.27 bits per heavy atom. The lowest BCUT2D eigenvalue weighted by molar-refractivity contribution is -0.107. The van der Waals surface area contributed by atoms with Crippen molar-refractivity contribution in [1.29, 1.82) is 0 Å². The van der Waals surface area contributed by atoms with E-state index >= 15 is 0 Å². The normalized spacial score (nSPS) is 14.7. The van der Waals surface area contributed by atoms with Gasteiger partial charge in [0.2, 0.25) is 6.41 Å². The number of carbonyl (C=O) groups excluding carboxylic acids is 2. The minimum absolute atomic E-state index is 0.0542. The third-order valence-corrected chi connectivity index (χ3v) is 5.19. The van der Waals surface area contributed by atoms with Crippen LogP contribution in [0, 0.1) is 6.92 Å². The molecule has 0 saturated carbocycles. The molecule has 0 fully saturated rings. The lowest BCUT2D eigenvalue weighted by Crippen LogP contribution is -2.23. The zero-order valence-electron chi connectivity index (χ0n) is 12.5. The zero-order valence-corrected chi connectivity index (χ0v) is 13.4. The molecule has 2 aromatic rings. The van der Waals surface area contributed by atoms with E-state index in [1.807, 2.05) is 35.8 Å². The maximum absolute atomic E-state index is 12.5. The summed E-state index contributed by atoms with van der Waals surface area (Å²) in [4.78, 5) is 29.1. The first-order valence-electron chi connectivity index (χ1n) is 7.48. The maximum Gasteiger partial charge on any atom is 0.235 e. The molecule has 0 aliphatic heterocycles. The number of carbonyl (C=O) groups is 2. The van der Waals surface area contributed by atoms with E-state index in [1.165, 1.54) is 28.3 Å². The summed E-state index contributed by atoms with van der Waals surface area (Å²) in [7, 11) is 0. The van der Waals surface area contributed by atoms with Crippen LogP contribution in [0.2, 0.25) is 0 Å². The Morgan fingerprint density at radius 2 is 2.00 bits per heavy atom. The van der Waals surface area contributed by atoms with Crippen LogP contribution in [0.4, 0.5) is 0 Å². The zero-order chi connectivity index (χ0) is 15.5. The minimum atomic E-state index is 0.0542. The SMILES string of the molecule is Cc1ccc(C(=O)Cn2c3c(sc2=NC=O)CCCC3)cc1. The van der Waals surface area contributed by atoms with Crippen LogP contribution in [0.3, 0.4) is 0 Å². The van der Waals surface area contributed by atoms with Gasteiger partial charge in [0.05, 0.1) is 6.54 Å². The van der Waals surface area contributed by atoms with Crippen LogP contribution >= 0.6 is 11.3 Å². The maximum atomic E-state index is 12.5. The topological polar surface area (TPSA) is 51.4 Å². The van der Waals surface area contributed by atoms with Crippen LogP contribution in [0.15, 0.2) is 29.3 Å². The quantitative estimate of drug-likeness (QED) is 0.643. The third-order valence-electron chi connectivity index (χ3n) is 4.00. The first kappa shape index (κ1) is 14.9. The number of hydrogen-bond donors (Lipinski definition) is 0. The van der Waals surface area contributed by atoms with Crippen LogP contribution in [0.25, 0.3) is 0 Å². The first-order valence-corrected chi connectivity index (χ1v) is 8.29. The second-order valence-electron chi connectivity index (χ2n) is 5.57. The van der Waals surface area contributed by atoms with Crippen LogP contribution in [0.1, 0.15) is 39.3 Å². The number of aryl methyl sites for hydroxylation is 2. The van der Waals surface area contributed by atoms with E-state index in [0.717, 1.165) is 24.8 Å². The van der Waals surface area contributed by atoms with Crippen molar-refractivity contribution in [3.05, 3.63) is 50.8 Å². The molecule has 1 aromatic carbocycles. The number of Topliss-reactive ketones (excluding diaryl/α,β-unsaturated/α-hetero) is 1. The number of aromatic nitrogens is 1. The van der Waals surface area contributed by atoms with Crippen LogP contribution in [0.5, 0.6) is 0 Å². The summed E-state index contributed by atoms with van der Waals surface area (Å²) in [6, 6.07) is 7.59. The second-order valence-corrected chi connectivity index (χ2v) is 6.63. The largest absolute Gasteiger partial charge is 0.313 e. The monoisotopic (exact) mass is 314 g/mol. The number of thiazole rings is 1. The lowest BCUT2D eigenvalue weighted by atomic mass is 10.0. The van der Waals surface area contributed by atoms with E-state index in [2.05, 4.69) is 4.99 Å². The van der Waals surface area contributed by atoms with Crippen LogP contribution in [-0.2, 0) is 24.2 Å². The Hall–Kier alpha value is -2.01. The van der Waals surface area contributed by atoms with Gasteiger partial charge in [0.1, 0.15) is 0 Å². The number of fused-ring (bicyclic) bond motifs is 1. The van der Waals surface area contributed by atoms with Crippen molar-refractivity contribution in [2.24, 2.45) is 4.99 Å². The summed E-state index contributed by atoms with van der Waals surface area (Å²) in [5.74, 6) is 0.0542. The van der Waals surface area contributed by atoms with Crippen molar-refractivity contribution in [1.82, 2.24) is 4.57 Å². The molecule has 1 aromatic heterocycles. The highest BCUT2D eigenvalue weighted by Crippen LogP contribution is 2.23. The average Bonchev–Trinajstić information content (AvgIpc) is 2.86. The van der Waals surface area contributed by atoms with Gasteiger partial charge in [-0.2, -0.15) is 4.99 Å². The van der Waals surface area contributed by atoms with E-state index in [9.17, 15) is 9.59 Å². The van der Waals surface area contributed by atoms with Crippen LogP contribution in [-0.4, -0.2) is 16.8 Å². The van der Waals surface area contributed by atoms with Gasteiger partial charge >= 0.3 is 0 Å². The molecule has 22 heavy (non-hydrogen) atoms. The molecule has 0 atom stereocenters. The third kappa shape index (κ3) is 2.95. The highest BCUT2D eigenvalue weighted by Gasteiger charge is 2.19. The van der Waals surface area contributed by atoms with E-state index in [0.29, 0.717) is 16.8 Å². The fourth-order valence-electron chi connectivity index (χ4n) is 2.82. The smallest absolute Gasteiger partial charge is 0.235 e. The molecule has 0 N–H and O–H groups in total. The van der Waals surface area contributed by atoms with E-state index < -0.39 is 0 Å². The van der Waals surface area contributed by atoms with E-state index in [1.54, 1.807) is 0 Å². The minimum Gasteiger partial charge on any atom is -0.313 e. The Kier molecular flexibility index (Phi) is 4.34. The molecular formula is C17H18N2O2S. The standard InChI is InChI=1S/C17H18N2O2S/c1-12-6-8-13(9-7-12)15(21)10-19-14-4-2-3-5-16(14)22-17(19)18-11-20/h6-9,11H,2-5,10H2,1H3.